The zero-order chi connectivity index (χ0) is 18.9. The van der Waals surface area contributed by atoms with Crippen LogP contribution in [0.15, 0.2) is 59.9 Å². The van der Waals surface area contributed by atoms with Crippen LogP contribution in [0.3, 0.4) is 0 Å². The third kappa shape index (κ3) is 6.79. The number of aromatic nitrogens is 3. The average Bonchev–Trinajstić information content (AvgIpc) is 3.17. The molecule has 2 heterocycles. The second-order valence-electron chi connectivity index (χ2n) is 5.97. The van der Waals surface area contributed by atoms with E-state index in [0.717, 1.165) is 48.1 Å². The number of hydrogen-bond acceptors (Lipinski definition) is 3. The Labute approximate surface area is 187 Å². The minimum Gasteiger partial charge on any atom is -0.357 e. The lowest BCUT2D eigenvalue weighted by molar-refractivity contribution is 0.792. The van der Waals surface area contributed by atoms with E-state index in [4.69, 9.17) is 11.6 Å². The van der Waals surface area contributed by atoms with Crippen LogP contribution < -0.4 is 10.6 Å². The number of guanidine groups is 1. The zero-order valence-corrected chi connectivity index (χ0v) is 18.7. The zero-order valence-electron chi connectivity index (χ0n) is 15.7. The van der Waals surface area contributed by atoms with Crippen LogP contribution in [-0.2, 0) is 13.0 Å². The number of H-pyrrole nitrogens is 1. The van der Waals surface area contributed by atoms with Crippen molar-refractivity contribution < 1.29 is 0 Å². The van der Waals surface area contributed by atoms with Gasteiger partial charge in [0.05, 0.1) is 11.9 Å². The Balaban J connectivity index is 0.00000280. The molecule has 3 aromatic rings. The molecule has 0 bridgehead atoms. The van der Waals surface area contributed by atoms with E-state index in [1.165, 1.54) is 0 Å². The molecule has 6 nitrogen and oxygen atoms in total. The molecule has 8 heteroatoms. The van der Waals surface area contributed by atoms with Gasteiger partial charge in [0, 0.05) is 19.3 Å². The Kier molecular flexibility index (Phi) is 9.22. The molecule has 1 aromatic carbocycles. The molecule has 0 radical (unpaired) electrons. The molecule has 148 valence electrons. The second kappa shape index (κ2) is 11.7. The standard InChI is InChI=1S/C20H23ClN6.HI/c1-2-22-20(23-11-10-15-8-9-18(21)24-12-15)26-14-19-25-13-17(27-19)16-6-4-3-5-7-16;/h3-9,12-13H,2,10-11,14H2,1H3,(H,25,27)(H2,22,23,26);1H. The van der Waals surface area contributed by atoms with Gasteiger partial charge in [-0.2, -0.15) is 0 Å². The first-order chi connectivity index (χ1) is 13.2. The largest absolute Gasteiger partial charge is 0.357 e. The molecule has 0 aliphatic rings. The summed E-state index contributed by atoms with van der Waals surface area (Å²) < 4.78 is 0. The predicted octanol–water partition coefficient (Wildman–Crippen LogP) is 4.04. The van der Waals surface area contributed by atoms with E-state index < -0.39 is 0 Å². The maximum absolute atomic E-state index is 5.81. The van der Waals surface area contributed by atoms with Crippen LogP contribution in [0.5, 0.6) is 0 Å². The molecule has 0 saturated carbocycles. The highest BCUT2D eigenvalue weighted by Gasteiger charge is 2.03. The normalized spacial score (nSPS) is 11.0. The highest BCUT2D eigenvalue weighted by Crippen LogP contribution is 2.16. The van der Waals surface area contributed by atoms with Crippen molar-refractivity contribution in [3.63, 3.8) is 0 Å². The van der Waals surface area contributed by atoms with E-state index in [0.29, 0.717) is 11.7 Å². The smallest absolute Gasteiger partial charge is 0.191 e. The number of hydrogen-bond donors (Lipinski definition) is 3. The molecule has 3 N–H and O–H groups in total. The van der Waals surface area contributed by atoms with Crippen LogP contribution in [0, 0.1) is 0 Å². The molecule has 2 aromatic heterocycles. The number of rotatable bonds is 7. The summed E-state index contributed by atoms with van der Waals surface area (Å²) >= 11 is 5.81. The fourth-order valence-corrected chi connectivity index (χ4v) is 2.69. The number of benzene rings is 1. The van der Waals surface area contributed by atoms with Gasteiger partial charge in [0.2, 0.25) is 0 Å². The lowest BCUT2D eigenvalue weighted by atomic mass is 10.2. The number of nitrogens with zero attached hydrogens (tertiary/aromatic N) is 3. The summed E-state index contributed by atoms with van der Waals surface area (Å²) in [7, 11) is 0. The van der Waals surface area contributed by atoms with Crippen molar-refractivity contribution in [2.75, 3.05) is 13.1 Å². The van der Waals surface area contributed by atoms with Gasteiger partial charge in [0.15, 0.2) is 5.96 Å². The number of aromatic amines is 1. The fraction of sp³-hybridized carbons (Fsp3) is 0.250. The summed E-state index contributed by atoms with van der Waals surface area (Å²) in [5.74, 6) is 1.59. The van der Waals surface area contributed by atoms with Crippen molar-refractivity contribution in [3.05, 3.63) is 71.4 Å². The molecule has 0 unspecified atom stereocenters. The van der Waals surface area contributed by atoms with E-state index >= 15 is 0 Å². The number of halogens is 2. The molecule has 0 fully saturated rings. The summed E-state index contributed by atoms with van der Waals surface area (Å²) in [5.41, 5.74) is 3.23. The third-order valence-corrected chi connectivity index (χ3v) is 4.16. The summed E-state index contributed by atoms with van der Waals surface area (Å²) in [6, 6.07) is 13.9. The third-order valence-electron chi connectivity index (χ3n) is 3.94. The van der Waals surface area contributed by atoms with E-state index in [1.54, 1.807) is 12.3 Å². The summed E-state index contributed by atoms with van der Waals surface area (Å²) in [5, 5.41) is 7.09. The van der Waals surface area contributed by atoms with Crippen LogP contribution >= 0.6 is 35.6 Å². The Hall–Kier alpha value is -2.13. The molecule has 0 atom stereocenters. The van der Waals surface area contributed by atoms with E-state index in [9.17, 15) is 0 Å². The average molecular weight is 511 g/mol. The molecule has 28 heavy (non-hydrogen) atoms. The minimum absolute atomic E-state index is 0. The van der Waals surface area contributed by atoms with Crippen molar-refractivity contribution >= 4 is 41.5 Å². The number of aliphatic imine (C=N–C) groups is 1. The van der Waals surface area contributed by atoms with Crippen molar-refractivity contribution in [2.45, 2.75) is 19.9 Å². The lowest BCUT2D eigenvalue weighted by Crippen LogP contribution is -2.38. The maximum atomic E-state index is 5.81. The van der Waals surface area contributed by atoms with Gasteiger partial charge in [0.1, 0.15) is 17.5 Å². The second-order valence-corrected chi connectivity index (χ2v) is 6.36. The van der Waals surface area contributed by atoms with Crippen LogP contribution in [0.4, 0.5) is 0 Å². The summed E-state index contributed by atoms with van der Waals surface area (Å²) in [4.78, 5) is 16.4. The van der Waals surface area contributed by atoms with Gasteiger partial charge in [-0.15, -0.1) is 24.0 Å². The van der Waals surface area contributed by atoms with Crippen molar-refractivity contribution in [1.29, 1.82) is 0 Å². The molecule has 0 saturated heterocycles. The molecule has 0 amide bonds. The van der Waals surface area contributed by atoms with Gasteiger partial charge in [-0.3, -0.25) is 0 Å². The van der Waals surface area contributed by atoms with Crippen molar-refractivity contribution in [2.24, 2.45) is 4.99 Å². The predicted molar refractivity (Wildman–Crippen MR) is 125 cm³/mol. The Bertz CT molecular complexity index is 864. The number of pyridine rings is 1. The van der Waals surface area contributed by atoms with Crippen LogP contribution in [0.2, 0.25) is 5.15 Å². The monoisotopic (exact) mass is 510 g/mol. The van der Waals surface area contributed by atoms with Gasteiger partial charge in [-0.05, 0) is 30.5 Å². The van der Waals surface area contributed by atoms with Crippen molar-refractivity contribution in [3.8, 4) is 11.3 Å². The van der Waals surface area contributed by atoms with Crippen LogP contribution in [-0.4, -0.2) is 34.0 Å². The Morgan fingerprint density at radius 2 is 1.89 bits per heavy atom. The maximum Gasteiger partial charge on any atom is 0.191 e. The van der Waals surface area contributed by atoms with E-state index in [1.807, 2.05) is 37.4 Å². The van der Waals surface area contributed by atoms with Gasteiger partial charge in [-0.1, -0.05) is 48.0 Å². The first kappa shape index (κ1) is 22.2. The first-order valence-corrected chi connectivity index (χ1v) is 9.34. The molecule has 0 spiro atoms. The topological polar surface area (TPSA) is 78.0 Å². The van der Waals surface area contributed by atoms with Crippen LogP contribution in [0.1, 0.15) is 18.3 Å². The van der Waals surface area contributed by atoms with Gasteiger partial charge in [-0.25, -0.2) is 15.0 Å². The summed E-state index contributed by atoms with van der Waals surface area (Å²) in [6.07, 6.45) is 4.48. The number of imidazole rings is 1. The molecular formula is C20H24ClIN6. The van der Waals surface area contributed by atoms with Gasteiger partial charge in [0.25, 0.3) is 0 Å². The Morgan fingerprint density at radius 3 is 2.61 bits per heavy atom. The van der Waals surface area contributed by atoms with E-state index in [2.05, 4.69) is 42.7 Å². The molecule has 3 rings (SSSR count). The first-order valence-electron chi connectivity index (χ1n) is 8.96. The highest BCUT2D eigenvalue weighted by molar-refractivity contribution is 14.0. The van der Waals surface area contributed by atoms with Gasteiger partial charge < -0.3 is 15.6 Å². The van der Waals surface area contributed by atoms with Gasteiger partial charge >= 0.3 is 0 Å². The quantitative estimate of drug-likeness (QED) is 0.194. The lowest BCUT2D eigenvalue weighted by Gasteiger charge is -2.11. The molecule has 0 aliphatic heterocycles. The number of nitrogens with one attached hydrogen (secondary N) is 3. The van der Waals surface area contributed by atoms with Crippen LogP contribution in [0.25, 0.3) is 11.3 Å². The SMILES string of the molecule is CCNC(=NCc1ncc(-c2ccccc2)[nH]1)NCCc1ccc(Cl)nc1.I. The summed E-state index contributed by atoms with van der Waals surface area (Å²) in [6.45, 7) is 4.07. The minimum atomic E-state index is 0. The highest BCUT2D eigenvalue weighted by atomic mass is 127. The fourth-order valence-electron chi connectivity index (χ4n) is 2.58. The molecular weight excluding hydrogens is 487 g/mol. The van der Waals surface area contributed by atoms with Crippen molar-refractivity contribution in [1.82, 2.24) is 25.6 Å². The molecule has 0 aliphatic carbocycles. The van der Waals surface area contributed by atoms with E-state index in [-0.39, 0.29) is 24.0 Å². The Morgan fingerprint density at radius 1 is 1.07 bits per heavy atom.